The van der Waals surface area contributed by atoms with Crippen molar-refractivity contribution in [3.05, 3.63) is 40.9 Å². The Morgan fingerprint density at radius 2 is 1.88 bits per heavy atom. The van der Waals surface area contributed by atoms with Crippen LogP contribution in [0.5, 0.6) is 0 Å². The third-order valence-electron chi connectivity index (χ3n) is 4.71. The van der Waals surface area contributed by atoms with E-state index in [4.69, 9.17) is 4.74 Å². The molecule has 1 aromatic heterocycles. The molecule has 0 radical (unpaired) electrons. The van der Waals surface area contributed by atoms with E-state index in [1.165, 1.54) is 5.56 Å². The summed E-state index contributed by atoms with van der Waals surface area (Å²) in [5.74, 6) is 0.146. The predicted molar refractivity (Wildman–Crippen MR) is 105 cm³/mol. The summed E-state index contributed by atoms with van der Waals surface area (Å²) in [6.07, 6.45) is 0.382. The summed E-state index contributed by atoms with van der Waals surface area (Å²) in [5.41, 5.74) is 3.28. The molecule has 1 aromatic carbocycles. The summed E-state index contributed by atoms with van der Waals surface area (Å²) in [6, 6.07) is 8.61. The highest BCUT2D eigenvalue weighted by atomic mass is 32.1. The van der Waals surface area contributed by atoms with Crippen LogP contribution in [0.25, 0.3) is 10.6 Å². The molecule has 1 fully saturated rings. The summed E-state index contributed by atoms with van der Waals surface area (Å²) in [6.45, 7) is 10.1. The number of morpholine rings is 1. The van der Waals surface area contributed by atoms with Gasteiger partial charge in [-0.05, 0) is 19.4 Å². The van der Waals surface area contributed by atoms with Gasteiger partial charge in [-0.2, -0.15) is 0 Å². The highest BCUT2D eigenvalue weighted by molar-refractivity contribution is 7.13. The SMILES string of the molecule is CCN(CC)C(=O)Cc1csc(-c2ccc(CN3CCOCC3)cc2)n1. The minimum Gasteiger partial charge on any atom is -0.379 e. The number of carbonyl (C=O) groups is 1. The standard InChI is InChI=1S/C20H27N3O2S/c1-3-23(4-2)19(24)13-18-15-26-20(21-18)17-7-5-16(6-8-17)14-22-9-11-25-12-10-22/h5-8,15H,3-4,9-14H2,1-2H3. The van der Waals surface area contributed by atoms with Gasteiger partial charge in [-0.25, -0.2) is 4.98 Å². The van der Waals surface area contributed by atoms with Crippen molar-refractivity contribution in [1.82, 2.24) is 14.8 Å². The number of rotatable bonds is 7. The quantitative estimate of drug-likeness (QED) is 0.748. The summed E-state index contributed by atoms with van der Waals surface area (Å²) in [4.78, 5) is 21.2. The first-order valence-corrected chi connectivity index (χ1v) is 10.2. The zero-order valence-electron chi connectivity index (χ0n) is 15.6. The van der Waals surface area contributed by atoms with Crippen molar-refractivity contribution in [3.8, 4) is 10.6 Å². The number of thiazole rings is 1. The Morgan fingerprint density at radius 1 is 1.19 bits per heavy atom. The molecule has 1 aliphatic rings. The zero-order chi connectivity index (χ0) is 18.4. The van der Waals surface area contributed by atoms with E-state index in [1.54, 1.807) is 11.3 Å². The number of hydrogen-bond acceptors (Lipinski definition) is 5. The van der Waals surface area contributed by atoms with E-state index in [-0.39, 0.29) is 5.91 Å². The first kappa shape index (κ1) is 19.0. The van der Waals surface area contributed by atoms with Crippen molar-refractivity contribution in [2.45, 2.75) is 26.8 Å². The molecule has 0 unspecified atom stereocenters. The minimum atomic E-state index is 0.146. The van der Waals surface area contributed by atoms with Gasteiger partial charge in [-0.1, -0.05) is 24.3 Å². The van der Waals surface area contributed by atoms with Gasteiger partial charge in [-0.15, -0.1) is 11.3 Å². The third-order valence-corrected chi connectivity index (χ3v) is 5.65. The first-order valence-electron chi connectivity index (χ1n) is 9.31. The van der Waals surface area contributed by atoms with E-state index < -0.39 is 0 Å². The van der Waals surface area contributed by atoms with Gasteiger partial charge in [0.1, 0.15) is 5.01 Å². The summed E-state index contributed by atoms with van der Waals surface area (Å²) in [7, 11) is 0. The largest absolute Gasteiger partial charge is 0.379 e. The lowest BCUT2D eigenvalue weighted by Crippen LogP contribution is -2.35. The summed E-state index contributed by atoms with van der Waals surface area (Å²) in [5, 5.41) is 2.98. The van der Waals surface area contributed by atoms with E-state index in [2.05, 4.69) is 34.1 Å². The van der Waals surface area contributed by atoms with Crippen molar-refractivity contribution in [2.75, 3.05) is 39.4 Å². The first-order chi connectivity index (χ1) is 12.7. The molecule has 0 spiro atoms. The smallest absolute Gasteiger partial charge is 0.228 e. The number of hydrogen-bond donors (Lipinski definition) is 0. The monoisotopic (exact) mass is 373 g/mol. The van der Waals surface area contributed by atoms with Crippen molar-refractivity contribution in [1.29, 1.82) is 0 Å². The lowest BCUT2D eigenvalue weighted by atomic mass is 10.1. The molecule has 3 rings (SSSR count). The molecule has 0 saturated carbocycles. The van der Waals surface area contributed by atoms with E-state index in [0.717, 1.165) is 62.2 Å². The van der Waals surface area contributed by atoms with Crippen molar-refractivity contribution in [3.63, 3.8) is 0 Å². The van der Waals surface area contributed by atoms with Crippen LogP contribution in [-0.2, 0) is 22.5 Å². The Hall–Kier alpha value is -1.76. The zero-order valence-corrected chi connectivity index (χ0v) is 16.4. The van der Waals surface area contributed by atoms with Crippen LogP contribution in [0.3, 0.4) is 0 Å². The van der Waals surface area contributed by atoms with Crippen LogP contribution < -0.4 is 0 Å². The normalized spacial score (nSPS) is 15.2. The van der Waals surface area contributed by atoms with Crippen LogP contribution in [0.4, 0.5) is 0 Å². The molecule has 1 amide bonds. The number of benzene rings is 1. The Balaban J connectivity index is 1.61. The molecule has 2 aromatic rings. The number of likely N-dealkylation sites (N-methyl/N-ethyl adjacent to an activating group) is 1. The van der Waals surface area contributed by atoms with Crippen LogP contribution in [0, 0.1) is 0 Å². The predicted octanol–water partition coefficient (Wildman–Crippen LogP) is 3.05. The Kier molecular flexibility index (Phi) is 6.77. The molecule has 26 heavy (non-hydrogen) atoms. The lowest BCUT2D eigenvalue weighted by Gasteiger charge is -2.26. The minimum absolute atomic E-state index is 0.146. The molecule has 2 heterocycles. The average Bonchev–Trinajstić information content (AvgIpc) is 3.12. The number of carbonyl (C=O) groups excluding carboxylic acids is 1. The second-order valence-electron chi connectivity index (χ2n) is 6.47. The fourth-order valence-electron chi connectivity index (χ4n) is 3.13. The second kappa shape index (κ2) is 9.26. The van der Waals surface area contributed by atoms with Gasteiger partial charge in [0.05, 0.1) is 25.3 Å². The number of ether oxygens (including phenoxy) is 1. The number of nitrogens with zero attached hydrogens (tertiary/aromatic N) is 3. The van der Waals surface area contributed by atoms with E-state index in [0.29, 0.717) is 6.42 Å². The molecular weight excluding hydrogens is 346 g/mol. The van der Waals surface area contributed by atoms with Gasteiger partial charge in [0.2, 0.25) is 5.91 Å². The Morgan fingerprint density at radius 3 is 2.54 bits per heavy atom. The van der Waals surface area contributed by atoms with E-state index in [9.17, 15) is 4.79 Å². The van der Waals surface area contributed by atoms with Gasteiger partial charge in [-0.3, -0.25) is 9.69 Å². The highest BCUT2D eigenvalue weighted by Crippen LogP contribution is 2.25. The van der Waals surface area contributed by atoms with Gasteiger partial charge >= 0.3 is 0 Å². The summed E-state index contributed by atoms with van der Waals surface area (Å²) >= 11 is 1.60. The van der Waals surface area contributed by atoms with Crippen LogP contribution in [-0.4, -0.2) is 60.1 Å². The van der Waals surface area contributed by atoms with Gasteiger partial charge in [0, 0.05) is 43.7 Å². The average molecular weight is 374 g/mol. The molecule has 0 atom stereocenters. The van der Waals surface area contributed by atoms with Crippen LogP contribution >= 0.6 is 11.3 Å². The maximum Gasteiger partial charge on any atom is 0.228 e. The second-order valence-corrected chi connectivity index (χ2v) is 7.33. The topological polar surface area (TPSA) is 45.7 Å². The number of aromatic nitrogens is 1. The molecule has 5 nitrogen and oxygen atoms in total. The van der Waals surface area contributed by atoms with Crippen molar-refractivity contribution >= 4 is 17.2 Å². The van der Waals surface area contributed by atoms with Gasteiger partial charge in [0.25, 0.3) is 0 Å². The third kappa shape index (κ3) is 4.90. The molecule has 140 valence electrons. The number of amides is 1. The highest BCUT2D eigenvalue weighted by Gasteiger charge is 2.14. The van der Waals surface area contributed by atoms with Crippen LogP contribution in [0.2, 0.25) is 0 Å². The molecule has 0 bridgehead atoms. The van der Waals surface area contributed by atoms with Gasteiger partial charge < -0.3 is 9.64 Å². The molecule has 0 N–H and O–H groups in total. The van der Waals surface area contributed by atoms with Crippen molar-refractivity contribution in [2.24, 2.45) is 0 Å². The molecular formula is C20H27N3O2S. The fraction of sp³-hybridized carbons (Fsp3) is 0.500. The maximum atomic E-state index is 12.2. The summed E-state index contributed by atoms with van der Waals surface area (Å²) < 4.78 is 5.40. The molecule has 1 aliphatic heterocycles. The Labute approximate surface area is 159 Å². The molecule has 1 saturated heterocycles. The Bertz CT molecular complexity index is 704. The van der Waals surface area contributed by atoms with Crippen molar-refractivity contribution < 1.29 is 9.53 Å². The maximum absolute atomic E-state index is 12.2. The van der Waals surface area contributed by atoms with Gasteiger partial charge in [0.15, 0.2) is 0 Å². The fourth-order valence-corrected chi connectivity index (χ4v) is 3.96. The molecule has 6 heteroatoms. The lowest BCUT2D eigenvalue weighted by molar-refractivity contribution is -0.130. The van der Waals surface area contributed by atoms with E-state index >= 15 is 0 Å². The van der Waals surface area contributed by atoms with Crippen LogP contribution in [0.1, 0.15) is 25.1 Å². The van der Waals surface area contributed by atoms with Crippen LogP contribution in [0.15, 0.2) is 29.6 Å². The van der Waals surface area contributed by atoms with E-state index in [1.807, 2.05) is 24.1 Å². The molecule has 0 aliphatic carbocycles.